The summed E-state index contributed by atoms with van der Waals surface area (Å²) in [6.45, 7) is 2.12. The Bertz CT molecular complexity index is 81.0. The number of hydrogen-bond acceptors (Lipinski definition) is 1. The van der Waals surface area contributed by atoms with E-state index in [1.165, 1.54) is 0 Å². The molecule has 0 aromatic rings. The molecule has 1 atom stereocenters. The van der Waals surface area contributed by atoms with Crippen LogP contribution in [0.1, 0.15) is 19.8 Å². The van der Waals surface area contributed by atoms with E-state index in [-0.39, 0.29) is 6.10 Å². The van der Waals surface area contributed by atoms with E-state index in [1.54, 1.807) is 0 Å². The second-order valence-electron chi connectivity index (χ2n) is 1.94. The van der Waals surface area contributed by atoms with Crippen molar-refractivity contribution in [2.24, 2.45) is 0 Å². The standard InChI is InChI=1S/C7H13BrO/c1-2-3-4-5-7(9)6-8/h4-5,7,9H,2-3,6H2,1H3/b5-4+. The molecule has 0 saturated carbocycles. The molecule has 0 saturated heterocycles. The Morgan fingerprint density at radius 2 is 2.33 bits per heavy atom. The molecule has 0 aromatic heterocycles. The quantitative estimate of drug-likeness (QED) is 0.535. The second-order valence-corrected chi connectivity index (χ2v) is 2.59. The highest BCUT2D eigenvalue weighted by atomic mass is 79.9. The third-order valence-corrected chi connectivity index (χ3v) is 1.64. The Kier molecular flexibility index (Phi) is 6.43. The van der Waals surface area contributed by atoms with E-state index in [1.807, 2.05) is 12.2 Å². The van der Waals surface area contributed by atoms with Gasteiger partial charge in [-0.05, 0) is 6.42 Å². The number of allylic oxidation sites excluding steroid dienone is 1. The lowest BCUT2D eigenvalue weighted by Gasteiger charge is -1.95. The van der Waals surface area contributed by atoms with Gasteiger partial charge < -0.3 is 5.11 Å². The Balaban J connectivity index is 3.20. The number of hydrogen-bond donors (Lipinski definition) is 1. The van der Waals surface area contributed by atoms with Crippen LogP contribution in [0.15, 0.2) is 12.2 Å². The zero-order chi connectivity index (χ0) is 7.11. The smallest absolute Gasteiger partial charge is 0.0817 e. The fourth-order valence-corrected chi connectivity index (χ4v) is 0.687. The Morgan fingerprint density at radius 3 is 2.78 bits per heavy atom. The lowest BCUT2D eigenvalue weighted by molar-refractivity contribution is 0.249. The maximum atomic E-state index is 8.95. The summed E-state index contributed by atoms with van der Waals surface area (Å²) in [5.41, 5.74) is 0. The average molecular weight is 193 g/mol. The molecule has 0 aliphatic rings. The van der Waals surface area contributed by atoms with Crippen molar-refractivity contribution in [3.8, 4) is 0 Å². The van der Waals surface area contributed by atoms with Crippen molar-refractivity contribution in [1.82, 2.24) is 0 Å². The van der Waals surface area contributed by atoms with Crippen molar-refractivity contribution in [3.05, 3.63) is 12.2 Å². The van der Waals surface area contributed by atoms with Crippen LogP contribution >= 0.6 is 15.9 Å². The molecule has 0 bridgehead atoms. The van der Waals surface area contributed by atoms with Gasteiger partial charge in [-0.1, -0.05) is 41.4 Å². The zero-order valence-corrected chi connectivity index (χ0v) is 7.26. The number of alkyl halides is 1. The third-order valence-electron chi connectivity index (χ3n) is 0.972. The van der Waals surface area contributed by atoms with E-state index in [0.29, 0.717) is 5.33 Å². The minimum Gasteiger partial charge on any atom is -0.388 e. The number of unbranched alkanes of at least 4 members (excludes halogenated alkanes) is 1. The summed E-state index contributed by atoms with van der Waals surface area (Å²) < 4.78 is 0. The van der Waals surface area contributed by atoms with Gasteiger partial charge in [-0.15, -0.1) is 0 Å². The number of rotatable bonds is 4. The molecule has 0 aliphatic carbocycles. The van der Waals surface area contributed by atoms with Crippen LogP contribution in [0, 0.1) is 0 Å². The van der Waals surface area contributed by atoms with Crippen LogP contribution in [0.5, 0.6) is 0 Å². The topological polar surface area (TPSA) is 20.2 Å². The summed E-state index contributed by atoms with van der Waals surface area (Å²) in [5, 5.41) is 9.58. The Hall–Kier alpha value is 0.180. The van der Waals surface area contributed by atoms with Crippen LogP contribution in [0.2, 0.25) is 0 Å². The summed E-state index contributed by atoms with van der Waals surface area (Å²) in [6.07, 6.45) is 5.72. The van der Waals surface area contributed by atoms with Gasteiger partial charge >= 0.3 is 0 Å². The van der Waals surface area contributed by atoms with Crippen molar-refractivity contribution < 1.29 is 5.11 Å². The van der Waals surface area contributed by atoms with Gasteiger partial charge in [-0.25, -0.2) is 0 Å². The van der Waals surface area contributed by atoms with Gasteiger partial charge in [-0.3, -0.25) is 0 Å². The van der Waals surface area contributed by atoms with Gasteiger partial charge in [0, 0.05) is 5.33 Å². The van der Waals surface area contributed by atoms with Crippen LogP contribution < -0.4 is 0 Å². The second kappa shape index (κ2) is 6.30. The highest BCUT2D eigenvalue weighted by Gasteiger charge is 1.90. The molecule has 1 nitrogen and oxygen atoms in total. The lowest BCUT2D eigenvalue weighted by atomic mass is 10.3. The first-order valence-corrected chi connectivity index (χ1v) is 4.34. The minimum atomic E-state index is -0.309. The van der Waals surface area contributed by atoms with Crippen molar-refractivity contribution >= 4 is 15.9 Å². The summed E-state index contributed by atoms with van der Waals surface area (Å²) in [4.78, 5) is 0. The lowest BCUT2D eigenvalue weighted by Crippen LogP contribution is -2.01. The van der Waals surface area contributed by atoms with Crippen LogP contribution in [0.3, 0.4) is 0 Å². The summed E-state index contributed by atoms with van der Waals surface area (Å²) in [7, 11) is 0. The third kappa shape index (κ3) is 6.06. The molecule has 0 amide bonds. The van der Waals surface area contributed by atoms with Gasteiger partial charge in [0.25, 0.3) is 0 Å². The molecule has 0 aliphatic heterocycles. The molecule has 0 aromatic carbocycles. The molecule has 0 heterocycles. The first-order valence-electron chi connectivity index (χ1n) is 3.22. The molecule has 0 spiro atoms. The van der Waals surface area contributed by atoms with Crippen molar-refractivity contribution in [2.75, 3.05) is 5.33 Å². The van der Waals surface area contributed by atoms with E-state index >= 15 is 0 Å². The minimum absolute atomic E-state index is 0.309. The van der Waals surface area contributed by atoms with Gasteiger partial charge in [0.05, 0.1) is 6.10 Å². The molecule has 54 valence electrons. The first-order chi connectivity index (χ1) is 4.31. The van der Waals surface area contributed by atoms with Gasteiger partial charge in [0.15, 0.2) is 0 Å². The van der Waals surface area contributed by atoms with Crippen LogP contribution in [0.25, 0.3) is 0 Å². The van der Waals surface area contributed by atoms with Gasteiger partial charge in [0.2, 0.25) is 0 Å². The largest absolute Gasteiger partial charge is 0.388 e. The van der Waals surface area contributed by atoms with Crippen molar-refractivity contribution in [1.29, 1.82) is 0 Å². The highest BCUT2D eigenvalue weighted by molar-refractivity contribution is 9.09. The van der Waals surface area contributed by atoms with E-state index in [2.05, 4.69) is 22.9 Å². The average Bonchev–Trinajstić information content (AvgIpc) is 1.89. The Labute approximate surface area is 64.9 Å². The fraction of sp³-hybridized carbons (Fsp3) is 0.714. The number of aliphatic hydroxyl groups is 1. The summed E-state index contributed by atoms with van der Waals surface area (Å²) in [5.74, 6) is 0. The van der Waals surface area contributed by atoms with Crippen molar-refractivity contribution in [2.45, 2.75) is 25.9 Å². The van der Waals surface area contributed by atoms with Crippen molar-refractivity contribution in [3.63, 3.8) is 0 Å². The maximum Gasteiger partial charge on any atom is 0.0817 e. The summed E-state index contributed by atoms with van der Waals surface area (Å²) >= 11 is 3.17. The molecule has 0 rings (SSSR count). The number of halogens is 1. The van der Waals surface area contributed by atoms with E-state index < -0.39 is 0 Å². The molecule has 1 N–H and O–H groups in total. The van der Waals surface area contributed by atoms with E-state index in [9.17, 15) is 0 Å². The SMILES string of the molecule is CCC/C=C/C(O)CBr. The molecule has 1 unspecified atom stereocenters. The highest BCUT2D eigenvalue weighted by Crippen LogP contribution is 1.94. The predicted octanol–water partition coefficient (Wildman–Crippen LogP) is 2.10. The van der Waals surface area contributed by atoms with Crippen LogP contribution in [0.4, 0.5) is 0 Å². The molecular weight excluding hydrogens is 180 g/mol. The molecular formula is C7H13BrO. The molecule has 0 radical (unpaired) electrons. The maximum absolute atomic E-state index is 8.95. The van der Waals surface area contributed by atoms with Gasteiger partial charge in [-0.2, -0.15) is 0 Å². The van der Waals surface area contributed by atoms with Crippen LogP contribution in [-0.4, -0.2) is 16.5 Å². The van der Waals surface area contributed by atoms with E-state index in [0.717, 1.165) is 12.8 Å². The fourth-order valence-electron chi connectivity index (χ4n) is 0.471. The molecule has 2 heteroatoms. The molecule has 0 fully saturated rings. The van der Waals surface area contributed by atoms with Gasteiger partial charge in [0.1, 0.15) is 0 Å². The normalized spacial score (nSPS) is 14.6. The van der Waals surface area contributed by atoms with Crippen LogP contribution in [-0.2, 0) is 0 Å². The molecule has 9 heavy (non-hydrogen) atoms. The monoisotopic (exact) mass is 192 g/mol. The Morgan fingerprint density at radius 1 is 1.67 bits per heavy atom. The summed E-state index contributed by atoms with van der Waals surface area (Å²) in [6, 6.07) is 0. The predicted molar refractivity (Wildman–Crippen MR) is 43.8 cm³/mol. The van der Waals surface area contributed by atoms with E-state index in [4.69, 9.17) is 5.11 Å². The zero-order valence-electron chi connectivity index (χ0n) is 5.68. The number of aliphatic hydroxyl groups excluding tert-OH is 1. The first kappa shape index (κ1) is 9.18.